The molecule has 0 aromatic heterocycles. The van der Waals surface area contributed by atoms with Crippen molar-refractivity contribution in [3.05, 3.63) is 41.4 Å². The van der Waals surface area contributed by atoms with Gasteiger partial charge < -0.3 is 5.73 Å². The number of hydrogen-bond donors (Lipinski definition) is 1. The average molecular weight is 214 g/mol. The smallest absolute Gasteiger partial charge is 0.0485 e. The van der Waals surface area contributed by atoms with E-state index in [1.807, 2.05) is 36.4 Å². The summed E-state index contributed by atoms with van der Waals surface area (Å²) in [5.74, 6) is 0. The van der Waals surface area contributed by atoms with Crippen LogP contribution in [0.5, 0.6) is 0 Å². The Labute approximate surface area is 87.9 Å². The second kappa shape index (κ2) is 3.86. The molecule has 2 rings (SSSR count). The van der Waals surface area contributed by atoms with Crippen LogP contribution in [0.1, 0.15) is 0 Å². The van der Waals surface area contributed by atoms with Gasteiger partial charge in [-0.25, -0.2) is 0 Å². The van der Waals surface area contributed by atoms with Crippen molar-refractivity contribution in [2.24, 2.45) is 0 Å². The van der Waals surface area contributed by atoms with Gasteiger partial charge in [0.1, 0.15) is 0 Å². The van der Waals surface area contributed by atoms with Crippen LogP contribution >= 0.6 is 24.0 Å². The number of fused-ring (bicyclic) bond motifs is 1. The van der Waals surface area contributed by atoms with Crippen molar-refractivity contribution >= 4 is 40.5 Å². The van der Waals surface area contributed by atoms with E-state index in [4.69, 9.17) is 17.3 Å². The van der Waals surface area contributed by atoms with E-state index in [0.29, 0.717) is 0 Å². The van der Waals surface area contributed by atoms with Crippen molar-refractivity contribution in [2.75, 3.05) is 5.73 Å². The number of anilines is 1. The van der Waals surface area contributed by atoms with Gasteiger partial charge in [-0.1, -0.05) is 35.9 Å². The number of hydrogen-bond acceptors (Lipinski definition) is 1. The van der Waals surface area contributed by atoms with Gasteiger partial charge in [0.15, 0.2) is 0 Å². The Bertz CT molecular complexity index is 385. The molecule has 13 heavy (non-hydrogen) atoms. The monoisotopic (exact) mass is 213 g/mol. The summed E-state index contributed by atoms with van der Waals surface area (Å²) >= 11 is 5.97. The number of nitrogens with two attached hydrogens (primary N) is 1. The van der Waals surface area contributed by atoms with E-state index in [-0.39, 0.29) is 12.4 Å². The highest BCUT2D eigenvalue weighted by molar-refractivity contribution is 6.35. The van der Waals surface area contributed by atoms with E-state index >= 15 is 0 Å². The van der Waals surface area contributed by atoms with E-state index in [0.717, 1.165) is 21.5 Å². The first-order valence-corrected chi connectivity index (χ1v) is 4.09. The Kier molecular flexibility index (Phi) is 3.02. The number of nitrogen functional groups attached to an aromatic ring is 1. The highest BCUT2D eigenvalue weighted by Gasteiger charge is 1.98. The normalized spacial score (nSPS) is 9.62. The molecule has 1 nitrogen and oxygen atoms in total. The molecule has 0 aliphatic rings. The van der Waals surface area contributed by atoms with Gasteiger partial charge in [0.25, 0.3) is 0 Å². The van der Waals surface area contributed by atoms with Gasteiger partial charge in [-0.2, -0.15) is 0 Å². The Hall–Kier alpha value is -0.920. The molecular formula is C10H9Cl2N. The SMILES string of the molecule is Cl.Nc1cccc2c(Cl)cccc12. The van der Waals surface area contributed by atoms with E-state index in [9.17, 15) is 0 Å². The maximum atomic E-state index is 5.97. The van der Waals surface area contributed by atoms with Crippen LogP contribution in [0, 0.1) is 0 Å². The molecule has 3 heteroatoms. The van der Waals surface area contributed by atoms with Crippen LogP contribution in [-0.2, 0) is 0 Å². The molecule has 0 amide bonds. The van der Waals surface area contributed by atoms with Gasteiger partial charge in [-0.15, -0.1) is 12.4 Å². The van der Waals surface area contributed by atoms with Gasteiger partial charge in [0.05, 0.1) is 0 Å². The van der Waals surface area contributed by atoms with Crippen molar-refractivity contribution < 1.29 is 0 Å². The lowest BCUT2D eigenvalue weighted by molar-refractivity contribution is 1.73. The first-order valence-electron chi connectivity index (χ1n) is 3.72. The zero-order valence-electron chi connectivity index (χ0n) is 6.83. The quantitative estimate of drug-likeness (QED) is 0.667. The Morgan fingerprint density at radius 3 is 2.23 bits per heavy atom. The van der Waals surface area contributed by atoms with E-state index in [2.05, 4.69) is 0 Å². The summed E-state index contributed by atoms with van der Waals surface area (Å²) in [5.41, 5.74) is 6.54. The third-order valence-corrected chi connectivity index (χ3v) is 2.23. The predicted molar refractivity (Wildman–Crippen MR) is 60.6 cm³/mol. The van der Waals surface area contributed by atoms with Crippen LogP contribution in [0.25, 0.3) is 10.8 Å². The molecule has 0 spiro atoms. The first kappa shape index (κ1) is 10.2. The average Bonchev–Trinajstić information content (AvgIpc) is 2.07. The standard InChI is InChI=1S/C10H8ClN.ClH/c11-9-5-1-4-8-7(9)3-2-6-10(8)12;/h1-6H,12H2;1H. The van der Waals surface area contributed by atoms with Crippen molar-refractivity contribution in [2.45, 2.75) is 0 Å². The van der Waals surface area contributed by atoms with Gasteiger partial charge >= 0.3 is 0 Å². The zero-order chi connectivity index (χ0) is 8.55. The van der Waals surface area contributed by atoms with Crippen molar-refractivity contribution in [1.29, 1.82) is 0 Å². The molecule has 0 radical (unpaired) electrons. The molecular weight excluding hydrogens is 205 g/mol. The summed E-state index contributed by atoms with van der Waals surface area (Å²) in [6.07, 6.45) is 0. The molecule has 0 unspecified atom stereocenters. The van der Waals surface area contributed by atoms with Crippen LogP contribution in [-0.4, -0.2) is 0 Å². The molecule has 0 atom stereocenters. The summed E-state index contributed by atoms with van der Waals surface area (Å²) in [6.45, 7) is 0. The van der Waals surface area contributed by atoms with Gasteiger partial charge in [0, 0.05) is 21.5 Å². The lowest BCUT2D eigenvalue weighted by Gasteiger charge is -2.01. The van der Waals surface area contributed by atoms with Crippen LogP contribution in [0.3, 0.4) is 0 Å². The molecule has 0 saturated carbocycles. The molecule has 2 aromatic rings. The zero-order valence-corrected chi connectivity index (χ0v) is 8.40. The molecule has 0 aliphatic heterocycles. The van der Waals surface area contributed by atoms with E-state index < -0.39 is 0 Å². The molecule has 0 aliphatic carbocycles. The molecule has 0 heterocycles. The largest absolute Gasteiger partial charge is 0.398 e. The number of halogens is 2. The highest BCUT2D eigenvalue weighted by atomic mass is 35.5. The van der Waals surface area contributed by atoms with Gasteiger partial charge in [0.2, 0.25) is 0 Å². The summed E-state index contributed by atoms with van der Waals surface area (Å²) < 4.78 is 0. The molecule has 0 saturated heterocycles. The summed E-state index contributed by atoms with van der Waals surface area (Å²) in [5, 5.41) is 2.78. The van der Waals surface area contributed by atoms with E-state index in [1.165, 1.54) is 0 Å². The minimum atomic E-state index is 0. The first-order chi connectivity index (χ1) is 5.79. The third-order valence-electron chi connectivity index (χ3n) is 1.90. The molecule has 0 bridgehead atoms. The Morgan fingerprint density at radius 2 is 1.54 bits per heavy atom. The third kappa shape index (κ3) is 1.71. The van der Waals surface area contributed by atoms with Crippen molar-refractivity contribution in [1.82, 2.24) is 0 Å². The lowest BCUT2D eigenvalue weighted by atomic mass is 10.1. The minimum Gasteiger partial charge on any atom is -0.398 e. The molecule has 68 valence electrons. The topological polar surface area (TPSA) is 26.0 Å². The van der Waals surface area contributed by atoms with E-state index in [1.54, 1.807) is 0 Å². The summed E-state index contributed by atoms with van der Waals surface area (Å²) in [7, 11) is 0. The van der Waals surface area contributed by atoms with Crippen LogP contribution in [0.15, 0.2) is 36.4 Å². The summed E-state index contributed by atoms with van der Waals surface area (Å²) in [4.78, 5) is 0. The minimum absolute atomic E-state index is 0. The summed E-state index contributed by atoms with van der Waals surface area (Å²) in [6, 6.07) is 11.5. The Balaban J connectivity index is 0.000000845. The van der Waals surface area contributed by atoms with Crippen LogP contribution < -0.4 is 5.73 Å². The van der Waals surface area contributed by atoms with Crippen LogP contribution in [0.4, 0.5) is 5.69 Å². The fraction of sp³-hybridized carbons (Fsp3) is 0. The van der Waals surface area contributed by atoms with Crippen molar-refractivity contribution in [3.63, 3.8) is 0 Å². The number of benzene rings is 2. The maximum absolute atomic E-state index is 5.97. The molecule has 0 fully saturated rings. The van der Waals surface area contributed by atoms with Gasteiger partial charge in [-0.05, 0) is 12.1 Å². The van der Waals surface area contributed by atoms with Crippen molar-refractivity contribution in [3.8, 4) is 0 Å². The molecule has 2 aromatic carbocycles. The lowest BCUT2D eigenvalue weighted by Crippen LogP contribution is -1.85. The maximum Gasteiger partial charge on any atom is 0.0485 e. The fourth-order valence-corrected chi connectivity index (χ4v) is 1.53. The van der Waals surface area contributed by atoms with Gasteiger partial charge in [-0.3, -0.25) is 0 Å². The highest BCUT2D eigenvalue weighted by Crippen LogP contribution is 2.26. The Morgan fingerprint density at radius 1 is 0.923 bits per heavy atom. The number of rotatable bonds is 0. The second-order valence-electron chi connectivity index (χ2n) is 2.68. The molecule has 2 N–H and O–H groups in total. The fourth-order valence-electron chi connectivity index (χ4n) is 1.30. The second-order valence-corrected chi connectivity index (χ2v) is 3.09. The predicted octanol–water partition coefficient (Wildman–Crippen LogP) is 3.50. The van der Waals surface area contributed by atoms with Crippen LogP contribution in [0.2, 0.25) is 5.02 Å².